The maximum Gasteiger partial charge on any atom is 0.330 e. The molecule has 0 bridgehead atoms. The first kappa shape index (κ1) is 17.3. The van der Waals surface area contributed by atoms with E-state index in [1.807, 2.05) is 0 Å². The lowest BCUT2D eigenvalue weighted by atomic mass is 10.1. The van der Waals surface area contributed by atoms with Gasteiger partial charge >= 0.3 is 22.4 Å². The molecular formula is C14H13NO6S. The zero-order valence-corrected chi connectivity index (χ0v) is 12.1. The highest BCUT2D eigenvalue weighted by atomic mass is 32.2. The quantitative estimate of drug-likeness (QED) is 0.885. The van der Waals surface area contributed by atoms with E-state index >= 15 is 0 Å². The maximum absolute atomic E-state index is 10.1. The van der Waals surface area contributed by atoms with E-state index in [0.29, 0.717) is 0 Å². The third-order valence-electron chi connectivity index (χ3n) is 2.53. The van der Waals surface area contributed by atoms with Crippen LogP contribution in [0.5, 0.6) is 0 Å². The van der Waals surface area contributed by atoms with Gasteiger partial charge in [-0.15, -0.1) is 0 Å². The number of carboxylic acids is 2. The van der Waals surface area contributed by atoms with Crippen LogP contribution in [-0.2, 0) is 20.1 Å². The molecule has 116 valence electrons. The molecule has 0 fully saturated rings. The molecule has 2 rings (SSSR count). The molecule has 0 aliphatic rings. The van der Waals surface area contributed by atoms with E-state index in [4.69, 9.17) is 10.2 Å². The number of aliphatic carboxylic acids is 2. The van der Waals surface area contributed by atoms with Crippen LogP contribution >= 0.6 is 0 Å². The summed E-state index contributed by atoms with van der Waals surface area (Å²) in [7, 11) is -2.90. The van der Waals surface area contributed by atoms with E-state index in [0.717, 1.165) is 0 Å². The van der Waals surface area contributed by atoms with Gasteiger partial charge < -0.3 is 10.2 Å². The zero-order valence-electron chi connectivity index (χ0n) is 11.3. The minimum Gasteiger partial charge on any atom is -0.481 e. The van der Waals surface area contributed by atoms with Crippen molar-refractivity contribution >= 4 is 33.2 Å². The molecule has 0 radical (unpaired) electrons. The van der Waals surface area contributed by atoms with Crippen LogP contribution in [0.1, 0.15) is 6.42 Å². The highest BCUT2D eigenvalue weighted by molar-refractivity contribution is 7.61. The monoisotopic (exact) mass is 323 g/mol. The average molecular weight is 323 g/mol. The van der Waals surface area contributed by atoms with Crippen molar-refractivity contribution in [1.82, 2.24) is 0 Å². The summed E-state index contributed by atoms with van der Waals surface area (Å²) in [6.07, 6.45) is -0.844. The molecule has 1 atom stereocenters. The van der Waals surface area contributed by atoms with Crippen molar-refractivity contribution < 1.29 is 28.2 Å². The molecule has 0 heterocycles. The summed E-state index contributed by atoms with van der Waals surface area (Å²) in [5, 5.41) is 19.0. The molecule has 2 aromatic carbocycles. The number of carboxylic acid groups (broad SMARTS) is 2. The highest BCUT2D eigenvalue weighted by Crippen LogP contribution is 2.11. The normalized spacial score (nSPS) is 10.9. The molecule has 0 saturated heterocycles. The summed E-state index contributed by atoms with van der Waals surface area (Å²) in [6.45, 7) is 0. The Kier molecular flexibility index (Phi) is 6.71. The summed E-state index contributed by atoms with van der Waals surface area (Å²) in [6, 6.07) is 15.0. The summed E-state index contributed by atoms with van der Waals surface area (Å²) in [5.74, 6) is -3.00. The lowest BCUT2D eigenvalue weighted by Gasteiger charge is -1.98. The van der Waals surface area contributed by atoms with Gasteiger partial charge in [0.25, 0.3) is 0 Å². The minimum atomic E-state index is -2.90. The largest absolute Gasteiger partial charge is 0.481 e. The average Bonchev–Trinajstić information content (AvgIpc) is 2.46. The second kappa shape index (κ2) is 8.53. The van der Waals surface area contributed by atoms with Gasteiger partial charge in [0.15, 0.2) is 6.04 Å². The van der Waals surface area contributed by atoms with E-state index in [1.165, 1.54) is 10.8 Å². The van der Waals surface area contributed by atoms with Gasteiger partial charge in [-0.05, 0) is 10.8 Å². The molecule has 0 aromatic heterocycles. The standard InChI is InChI=1S/C10H8.C4H5NO6S/c1-2-6-10-8-4-3-7-9(10)5-1;6-3(7)1-2(4(8)9)5-12(10)11/h1-8H;2H,1H2,(H,6,7)(H,8,9). The Bertz CT molecular complexity index is 726. The van der Waals surface area contributed by atoms with Gasteiger partial charge in [-0.25, -0.2) is 4.79 Å². The first-order valence-electron chi connectivity index (χ1n) is 6.08. The van der Waals surface area contributed by atoms with Crippen molar-refractivity contribution in [2.75, 3.05) is 0 Å². The summed E-state index contributed by atoms with van der Waals surface area (Å²) in [4.78, 5) is 20.1. The van der Waals surface area contributed by atoms with Crippen LogP contribution in [-0.4, -0.2) is 36.6 Å². The van der Waals surface area contributed by atoms with Gasteiger partial charge in [-0.1, -0.05) is 48.5 Å². The van der Waals surface area contributed by atoms with Gasteiger partial charge in [0, 0.05) is 0 Å². The van der Waals surface area contributed by atoms with Crippen molar-refractivity contribution in [1.29, 1.82) is 0 Å². The molecular weight excluding hydrogens is 310 g/mol. The number of fused-ring (bicyclic) bond motifs is 1. The van der Waals surface area contributed by atoms with E-state index in [1.54, 1.807) is 0 Å². The fourth-order valence-electron chi connectivity index (χ4n) is 1.57. The molecule has 2 aromatic rings. The second-order valence-corrected chi connectivity index (χ2v) is 4.77. The number of hydrogen-bond acceptors (Lipinski definition) is 5. The Labute approximate surface area is 127 Å². The van der Waals surface area contributed by atoms with Gasteiger partial charge in [-0.2, -0.15) is 12.8 Å². The van der Waals surface area contributed by atoms with E-state index in [9.17, 15) is 18.0 Å². The third kappa shape index (κ3) is 6.14. The SMILES string of the molecule is O=C(O)CC(N=S(=O)=O)C(=O)O.c1ccc2ccccc2c1. The van der Waals surface area contributed by atoms with Crippen LogP contribution < -0.4 is 0 Å². The first-order valence-corrected chi connectivity index (χ1v) is 7.12. The maximum atomic E-state index is 10.1. The first-order chi connectivity index (χ1) is 10.4. The van der Waals surface area contributed by atoms with Crippen LogP contribution in [0.4, 0.5) is 0 Å². The Morgan fingerprint density at radius 3 is 1.64 bits per heavy atom. The smallest absolute Gasteiger partial charge is 0.330 e. The summed E-state index contributed by atoms with van der Waals surface area (Å²) < 4.78 is 22.4. The van der Waals surface area contributed by atoms with Crippen LogP contribution in [0.15, 0.2) is 52.9 Å². The number of carbonyl (C=O) groups is 2. The fraction of sp³-hybridized carbons (Fsp3) is 0.143. The third-order valence-corrected chi connectivity index (χ3v) is 2.95. The van der Waals surface area contributed by atoms with Crippen LogP contribution in [0.2, 0.25) is 0 Å². The van der Waals surface area contributed by atoms with Gasteiger partial charge in [0.1, 0.15) is 0 Å². The molecule has 0 spiro atoms. The molecule has 8 heteroatoms. The topological polar surface area (TPSA) is 121 Å². The Morgan fingerprint density at radius 2 is 1.36 bits per heavy atom. The van der Waals surface area contributed by atoms with Crippen molar-refractivity contribution in [2.45, 2.75) is 12.5 Å². The minimum absolute atomic E-state index is 0.844. The molecule has 0 aliphatic carbocycles. The van der Waals surface area contributed by atoms with Gasteiger partial charge in [-0.3, -0.25) is 4.79 Å². The molecule has 7 nitrogen and oxygen atoms in total. The number of benzene rings is 2. The summed E-state index contributed by atoms with van der Waals surface area (Å²) in [5.41, 5.74) is 0. The molecule has 22 heavy (non-hydrogen) atoms. The molecule has 0 aliphatic heterocycles. The van der Waals surface area contributed by atoms with Crippen LogP contribution in [0.3, 0.4) is 0 Å². The Balaban J connectivity index is 0.000000222. The highest BCUT2D eigenvalue weighted by Gasteiger charge is 2.20. The van der Waals surface area contributed by atoms with Gasteiger partial charge in [0.05, 0.1) is 6.42 Å². The Hall–Kier alpha value is -2.74. The predicted molar refractivity (Wildman–Crippen MR) is 79.0 cm³/mol. The van der Waals surface area contributed by atoms with E-state index < -0.39 is 34.9 Å². The number of nitrogens with zero attached hydrogens (tertiary/aromatic N) is 1. The van der Waals surface area contributed by atoms with Crippen molar-refractivity contribution in [3.05, 3.63) is 48.5 Å². The number of hydrogen-bond donors (Lipinski definition) is 2. The zero-order chi connectivity index (χ0) is 16.5. The molecule has 0 saturated carbocycles. The molecule has 0 amide bonds. The van der Waals surface area contributed by atoms with Crippen molar-refractivity contribution in [2.24, 2.45) is 4.36 Å². The van der Waals surface area contributed by atoms with Gasteiger partial charge in [0.2, 0.25) is 0 Å². The van der Waals surface area contributed by atoms with Crippen molar-refractivity contribution in [3.63, 3.8) is 0 Å². The predicted octanol–water partition coefficient (Wildman–Crippen LogP) is 1.82. The van der Waals surface area contributed by atoms with E-state index in [2.05, 4.69) is 52.9 Å². The Morgan fingerprint density at radius 1 is 0.955 bits per heavy atom. The van der Waals surface area contributed by atoms with Crippen LogP contribution in [0, 0.1) is 0 Å². The van der Waals surface area contributed by atoms with Crippen molar-refractivity contribution in [3.8, 4) is 0 Å². The lowest BCUT2D eigenvalue weighted by molar-refractivity contribution is -0.144. The molecule has 2 N–H and O–H groups in total. The van der Waals surface area contributed by atoms with Crippen LogP contribution in [0.25, 0.3) is 10.8 Å². The number of rotatable bonds is 4. The van der Waals surface area contributed by atoms with E-state index in [-0.39, 0.29) is 0 Å². The second-order valence-electron chi connectivity index (χ2n) is 4.12. The lowest BCUT2D eigenvalue weighted by Crippen LogP contribution is -2.21. The molecule has 1 unspecified atom stereocenters. The fourth-order valence-corrected chi connectivity index (χ4v) is 1.94. The summed E-state index contributed by atoms with van der Waals surface area (Å²) >= 11 is 0.